The Morgan fingerprint density at radius 1 is 1.30 bits per heavy atom. The number of amides is 2. The van der Waals surface area contributed by atoms with Gasteiger partial charge in [-0.15, -0.1) is 0 Å². The summed E-state index contributed by atoms with van der Waals surface area (Å²) in [5.41, 5.74) is 3.40. The van der Waals surface area contributed by atoms with E-state index < -0.39 is 0 Å². The fraction of sp³-hybridized carbons (Fsp3) is 0.375. The van der Waals surface area contributed by atoms with Crippen LogP contribution in [0.3, 0.4) is 0 Å². The third kappa shape index (κ3) is 4.53. The summed E-state index contributed by atoms with van der Waals surface area (Å²) < 4.78 is 0. The maximum Gasteiger partial charge on any atom is 0.246 e. The molecule has 0 spiro atoms. The highest BCUT2D eigenvalue weighted by Gasteiger charge is 2.13. The molecule has 2 amide bonds. The molecule has 0 aliphatic rings. The van der Waals surface area contributed by atoms with Gasteiger partial charge in [-0.2, -0.15) is 0 Å². The molecule has 0 bridgehead atoms. The van der Waals surface area contributed by atoms with Crippen LogP contribution in [0.4, 0.5) is 0 Å². The number of rotatable bonds is 5. The van der Waals surface area contributed by atoms with E-state index in [1.54, 1.807) is 7.05 Å². The Bertz CT molecular complexity index is 503. The van der Waals surface area contributed by atoms with Gasteiger partial charge in [0.1, 0.15) is 0 Å². The summed E-state index contributed by atoms with van der Waals surface area (Å²) in [6.07, 6.45) is 1.20. The zero-order valence-electron chi connectivity index (χ0n) is 12.6. The van der Waals surface area contributed by atoms with Gasteiger partial charge in [0.25, 0.3) is 0 Å². The standard InChI is InChI=1S/C16H22N2O2/c1-6-16(20)18(5)10-15(19)17-13(4)14-8-11(2)7-12(3)9-14/h6-9,13H,1,10H2,2-5H3,(H,17,19). The van der Waals surface area contributed by atoms with E-state index in [9.17, 15) is 9.59 Å². The Morgan fingerprint density at radius 3 is 2.35 bits per heavy atom. The second-order valence-corrected chi connectivity index (χ2v) is 5.11. The molecule has 4 heteroatoms. The van der Waals surface area contributed by atoms with E-state index >= 15 is 0 Å². The molecule has 1 N–H and O–H groups in total. The summed E-state index contributed by atoms with van der Waals surface area (Å²) in [6, 6.07) is 6.11. The molecule has 0 aromatic heterocycles. The summed E-state index contributed by atoms with van der Waals surface area (Å²) in [5.74, 6) is -0.450. The number of carbonyl (C=O) groups excluding carboxylic acids is 2. The number of likely N-dealkylation sites (N-methyl/N-ethyl adjacent to an activating group) is 1. The van der Waals surface area contributed by atoms with Gasteiger partial charge < -0.3 is 10.2 Å². The second kappa shape index (κ2) is 6.89. The van der Waals surface area contributed by atoms with Crippen LogP contribution in [0, 0.1) is 13.8 Å². The zero-order valence-corrected chi connectivity index (χ0v) is 12.6. The van der Waals surface area contributed by atoms with Crippen LogP contribution in [-0.2, 0) is 9.59 Å². The highest BCUT2D eigenvalue weighted by atomic mass is 16.2. The molecule has 4 nitrogen and oxygen atoms in total. The van der Waals surface area contributed by atoms with Gasteiger partial charge in [0.05, 0.1) is 12.6 Å². The molecule has 0 fully saturated rings. The van der Waals surface area contributed by atoms with Crippen molar-refractivity contribution in [3.63, 3.8) is 0 Å². The molecular formula is C16H22N2O2. The lowest BCUT2D eigenvalue weighted by molar-refractivity contribution is -0.131. The summed E-state index contributed by atoms with van der Waals surface area (Å²) in [7, 11) is 1.57. The molecular weight excluding hydrogens is 252 g/mol. The Labute approximate surface area is 120 Å². The van der Waals surface area contributed by atoms with Gasteiger partial charge in [-0.1, -0.05) is 35.9 Å². The van der Waals surface area contributed by atoms with Crippen molar-refractivity contribution >= 4 is 11.8 Å². The third-order valence-electron chi connectivity index (χ3n) is 3.05. The fourth-order valence-corrected chi connectivity index (χ4v) is 2.08. The van der Waals surface area contributed by atoms with Gasteiger partial charge in [-0.05, 0) is 32.4 Å². The van der Waals surface area contributed by atoms with Crippen molar-refractivity contribution in [2.45, 2.75) is 26.8 Å². The molecule has 0 aliphatic heterocycles. The van der Waals surface area contributed by atoms with Crippen molar-refractivity contribution in [1.29, 1.82) is 0 Å². The molecule has 0 saturated heterocycles. The quantitative estimate of drug-likeness (QED) is 0.836. The molecule has 0 heterocycles. The molecule has 1 aromatic carbocycles. The Kier molecular flexibility index (Phi) is 5.50. The maximum absolute atomic E-state index is 11.9. The van der Waals surface area contributed by atoms with Crippen LogP contribution in [0.5, 0.6) is 0 Å². The summed E-state index contributed by atoms with van der Waals surface area (Å²) >= 11 is 0. The molecule has 0 radical (unpaired) electrons. The number of benzene rings is 1. The number of hydrogen-bond donors (Lipinski definition) is 1. The number of aryl methyl sites for hydroxylation is 2. The van der Waals surface area contributed by atoms with Crippen LogP contribution in [0.2, 0.25) is 0 Å². The molecule has 1 aromatic rings. The first-order valence-electron chi connectivity index (χ1n) is 6.58. The van der Waals surface area contributed by atoms with E-state index in [1.807, 2.05) is 20.8 Å². The molecule has 108 valence electrons. The van der Waals surface area contributed by atoms with Crippen molar-refractivity contribution in [3.05, 3.63) is 47.5 Å². The summed E-state index contributed by atoms with van der Waals surface area (Å²) in [4.78, 5) is 24.5. The predicted molar refractivity (Wildman–Crippen MR) is 80.3 cm³/mol. The summed E-state index contributed by atoms with van der Waals surface area (Å²) in [5, 5.41) is 2.89. The topological polar surface area (TPSA) is 49.4 Å². The minimum atomic E-state index is -0.265. The van der Waals surface area contributed by atoms with Gasteiger partial charge in [0.15, 0.2) is 0 Å². The first-order chi connectivity index (χ1) is 9.33. The van der Waals surface area contributed by atoms with E-state index in [0.717, 1.165) is 5.56 Å². The van der Waals surface area contributed by atoms with Crippen molar-refractivity contribution in [3.8, 4) is 0 Å². The minimum Gasteiger partial charge on any atom is -0.348 e. The van der Waals surface area contributed by atoms with Crippen LogP contribution in [0.25, 0.3) is 0 Å². The predicted octanol–water partition coefficient (Wildman–Crippen LogP) is 2.13. The monoisotopic (exact) mass is 274 g/mol. The lowest BCUT2D eigenvalue weighted by Gasteiger charge is -2.19. The van der Waals surface area contributed by atoms with E-state index in [1.165, 1.54) is 22.1 Å². The number of nitrogens with zero attached hydrogens (tertiary/aromatic N) is 1. The summed E-state index contributed by atoms with van der Waals surface area (Å²) in [6.45, 7) is 9.41. The molecule has 0 saturated carbocycles. The van der Waals surface area contributed by atoms with Gasteiger partial charge in [0.2, 0.25) is 11.8 Å². The normalized spacial score (nSPS) is 11.6. The smallest absolute Gasteiger partial charge is 0.246 e. The molecule has 1 atom stereocenters. The van der Waals surface area contributed by atoms with Gasteiger partial charge >= 0.3 is 0 Å². The maximum atomic E-state index is 11.9. The van der Waals surface area contributed by atoms with Gasteiger partial charge in [-0.3, -0.25) is 9.59 Å². The van der Waals surface area contributed by atoms with E-state index in [2.05, 4.69) is 30.1 Å². The van der Waals surface area contributed by atoms with Crippen LogP contribution in [-0.4, -0.2) is 30.3 Å². The van der Waals surface area contributed by atoms with Crippen molar-refractivity contribution in [2.24, 2.45) is 0 Å². The largest absolute Gasteiger partial charge is 0.348 e. The lowest BCUT2D eigenvalue weighted by atomic mass is 10.0. The highest BCUT2D eigenvalue weighted by molar-refractivity contribution is 5.90. The van der Waals surface area contributed by atoms with Gasteiger partial charge in [0, 0.05) is 7.05 Å². The molecule has 1 unspecified atom stereocenters. The van der Waals surface area contributed by atoms with Crippen LogP contribution in [0.1, 0.15) is 29.7 Å². The molecule has 0 aliphatic carbocycles. The SMILES string of the molecule is C=CC(=O)N(C)CC(=O)NC(C)c1cc(C)cc(C)c1. The Morgan fingerprint density at radius 2 is 1.85 bits per heavy atom. The van der Waals surface area contributed by atoms with Gasteiger partial charge in [-0.25, -0.2) is 0 Å². The molecule has 1 rings (SSSR count). The van der Waals surface area contributed by atoms with Crippen LogP contribution in [0.15, 0.2) is 30.9 Å². The Hall–Kier alpha value is -2.10. The average molecular weight is 274 g/mol. The molecule has 20 heavy (non-hydrogen) atoms. The minimum absolute atomic E-state index is 0.0278. The van der Waals surface area contributed by atoms with Crippen LogP contribution >= 0.6 is 0 Å². The third-order valence-corrected chi connectivity index (χ3v) is 3.05. The van der Waals surface area contributed by atoms with E-state index in [0.29, 0.717) is 0 Å². The van der Waals surface area contributed by atoms with Crippen molar-refractivity contribution in [1.82, 2.24) is 10.2 Å². The second-order valence-electron chi connectivity index (χ2n) is 5.11. The first kappa shape index (κ1) is 16.0. The lowest BCUT2D eigenvalue weighted by Crippen LogP contribution is -2.38. The first-order valence-corrected chi connectivity index (χ1v) is 6.58. The average Bonchev–Trinajstić information content (AvgIpc) is 2.36. The highest BCUT2D eigenvalue weighted by Crippen LogP contribution is 2.16. The number of carbonyl (C=O) groups is 2. The number of hydrogen-bond acceptors (Lipinski definition) is 2. The van der Waals surface area contributed by atoms with Crippen molar-refractivity contribution < 1.29 is 9.59 Å². The zero-order chi connectivity index (χ0) is 15.3. The Balaban J connectivity index is 2.65. The van der Waals surface area contributed by atoms with E-state index in [4.69, 9.17) is 0 Å². The van der Waals surface area contributed by atoms with Crippen molar-refractivity contribution in [2.75, 3.05) is 13.6 Å². The number of nitrogens with one attached hydrogen (secondary N) is 1. The van der Waals surface area contributed by atoms with Crippen LogP contribution < -0.4 is 5.32 Å². The van der Waals surface area contributed by atoms with E-state index in [-0.39, 0.29) is 24.4 Å². The fourth-order valence-electron chi connectivity index (χ4n) is 2.08.